The molecule has 0 radical (unpaired) electrons. The molecule has 0 fully saturated rings. The minimum absolute atomic E-state index is 0.155. The van der Waals surface area contributed by atoms with Gasteiger partial charge in [0.05, 0.1) is 6.61 Å². The second-order valence-corrected chi connectivity index (χ2v) is 2.89. The quantitative estimate of drug-likeness (QED) is 0.432. The van der Waals surface area contributed by atoms with Gasteiger partial charge in [-0.25, -0.2) is 0 Å². The second-order valence-electron chi connectivity index (χ2n) is 2.89. The highest BCUT2D eigenvalue weighted by Gasteiger charge is 1.96. The third-order valence-corrected chi connectivity index (χ3v) is 1.67. The Morgan fingerprint density at radius 1 is 1.08 bits per heavy atom. The number of carbonyl (C=O) groups is 1. The third-order valence-electron chi connectivity index (χ3n) is 1.67. The predicted molar refractivity (Wildman–Crippen MR) is 51.6 cm³/mol. The van der Waals surface area contributed by atoms with Gasteiger partial charge >= 0.3 is 5.97 Å². The zero-order valence-corrected chi connectivity index (χ0v) is 8.67. The van der Waals surface area contributed by atoms with Crippen LogP contribution in [0.15, 0.2) is 0 Å². The van der Waals surface area contributed by atoms with Gasteiger partial charge in [-0.15, -0.1) is 0 Å². The number of unbranched alkanes of at least 4 members (excludes halogenated alkanes) is 2. The van der Waals surface area contributed by atoms with Crippen LogP contribution in [-0.4, -0.2) is 25.8 Å². The molecule has 0 aromatic heterocycles. The summed E-state index contributed by atoms with van der Waals surface area (Å²) in [6.45, 7) is 5.62. The van der Waals surface area contributed by atoms with E-state index in [9.17, 15) is 4.79 Å². The molecule has 78 valence electrons. The van der Waals surface area contributed by atoms with Gasteiger partial charge in [0.1, 0.15) is 6.61 Å². The van der Waals surface area contributed by atoms with Crippen LogP contribution in [0.4, 0.5) is 0 Å². The van der Waals surface area contributed by atoms with E-state index in [1.54, 1.807) is 6.92 Å². The standard InChI is InChI=1S/C10H20O3/c1-3-5-6-7-12-8-9-13-10(11)4-2/h3-9H2,1-2H3. The summed E-state index contributed by atoms with van der Waals surface area (Å²) in [5.74, 6) is -0.155. The van der Waals surface area contributed by atoms with E-state index in [4.69, 9.17) is 9.47 Å². The molecule has 0 heterocycles. The fraction of sp³-hybridized carbons (Fsp3) is 0.900. The Hall–Kier alpha value is -0.570. The van der Waals surface area contributed by atoms with E-state index in [2.05, 4.69) is 6.92 Å². The van der Waals surface area contributed by atoms with E-state index in [0.29, 0.717) is 19.6 Å². The van der Waals surface area contributed by atoms with Crippen molar-refractivity contribution in [2.45, 2.75) is 39.5 Å². The van der Waals surface area contributed by atoms with Gasteiger partial charge in [0.25, 0.3) is 0 Å². The average molecular weight is 188 g/mol. The summed E-state index contributed by atoms with van der Waals surface area (Å²) < 4.78 is 10.1. The summed E-state index contributed by atoms with van der Waals surface area (Å²) in [6.07, 6.45) is 3.94. The van der Waals surface area contributed by atoms with Crippen molar-refractivity contribution in [3.05, 3.63) is 0 Å². The normalized spacial score (nSPS) is 10.0. The SMILES string of the molecule is CCCCCOCCOC(=O)CC. The molecule has 0 bridgehead atoms. The maximum atomic E-state index is 10.7. The Balaban J connectivity index is 2.95. The Labute approximate surface area is 80.4 Å². The summed E-state index contributed by atoms with van der Waals surface area (Å²) in [5, 5.41) is 0. The number of ether oxygens (including phenoxy) is 2. The third kappa shape index (κ3) is 9.34. The Kier molecular flexibility index (Phi) is 9.10. The summed E-state index contributed by atoms with van der Waals surface area (Å²) in [5.41, 5.74) is 0. The lowest BCUT2D eigenvalue weighted by atomic mass is 10.3. The molecule has 0 aliphatic rings. The zero-order valence-electron chi connectivity index (χ0n) is 8.67. The molecule has 3 heteroatoms. The van der Waals surface area contributed by atoms with Gasteiger partial charge in [-0.2, -0.15) is 0 Å². The van der Waals surface area contributed by atoms with Crippen LogP contribution in [0.3, 0.4) is 0 Å². The predicted octanol–water partition coefficient (Wildman–Crippen LogP) is 2.15. The van der Waals surface area contributed by atoms with Gasteiger partial charge < -0.3 is 9.47 Å². The Morgan fingerprint density at radius 2 is 1.85 bits per heavy atom. The highest BCUT2D eigenvalue weighted by atomic mass is 16.6. The lowest BCUT2D eigenvalue weighted by Gasteiger charge is -2.04. The molecule has 13 heavy (non-hydrogen) atoms. The van der Waals surface area contributed by atoms with Crippen molar-refractivity contribution in [1.29, 1.82) is 0 Å². The molecule has 0 aliphatic heterocycles. The van der Waals surface area contributed by atoms with Crippen molar-refractivity contribution >= 4 is 5.97 Å². The number of esters is 1. The summed E-state index contributed by atoms with van der Waals surface area (Å²) in [6, 6.07) is 0. The maximum absolute atomic E-state index is 10.7. The first-order chi connectivity index (χ1) is 6.31. The van der Waals surface area contributed by atoms with Crippen molar-refractivity contribution in [3.8, 4) is 0 Å². The fourth-order valence-corrected chi connectivity index (χ4v) is 0.873. The Bertz CT molecular complexity index is 123. The summed E-state index contributed by atoms with van der Waals surface area (Å²) in [4.78, 5) is 10.7. The van der Waals surface area contributed by atoms with Crippen LogP contribution in [0.25, 0.3) is 0 Å². The molecular weight excluding hydrogens is 168 g/mol. The minimum atomic E-state index is -0.155. The van der Waals surface area contributed by atoms with Gasteiger partial charge in [-0.05, 0) is 6.42 Å². The molecule has 0 rings (SSSR count). The first-order valence-electron chi connectivity index (χ1n) is 5.04. The first-order valence-corrected chi connectivity index (χ1v) is 5.04. The summed E-state index contributed by atoms with van der Waals surface area (Å²) in [7, 11) is 0. The molecule has 0 N–H and O–H groups in total. The molecule has 0 amide bonds. The van der Waals surface area contributed by atoms with Crippen molar-refractivity contribution in [2.24, 2.45) is 0 Å². The molecule has 0 saturated carbocycles. The zero-order chi connectivity index (χ0) is 9.94. The van der Waals surface area contributed by atoms with E-state index in [1.807, 2.05) is 0 Å². The van der Waals surface area contributed by atoms with E-state index in [1.165, 1.54) is 12.8 Å². The van der Waals surface area contributed by atoms with Gasteiger partial charge in [0.15, 0.2) is 0 Å². The van der Waals surface area contributed by atoms with Gasteiger partial charge in [-0.1, -0.05) is 26.7 Å². The number of hydrogen-bond acceptors (Lipinski definition) is 3. The molecule has 0 atom stereocenters. The second kappa shape index (κ2) is 9.52. The number of hydrogen-bond donors (Lipinski definition) is 0. The molecular formula is C10H20O3. The van der Waals surface area contributed by atoms with Crippen LogP contribution in [0.5, 0.6) is 0 Å². The highest BCUT2D eigenvalue weighted by Crippen LogP contribution is 1.94. The first kappa shape index (κ1) is 12.4. The van der Waals surface area contributed by atoms with Gasteiger partial charge in [0, 0.05) is 13.0 Å². The van der Waals surface area contributed by atoms with Crippen molar-refractivity contribution in [1.82, 2.24) is 0 Å². The molecule has 3 nitrogen and oxygen atoms in total. The summed E-state index contributed by atoms with van der Waals surface area (Å²) >= 11 is 0. The van der Waals surface area contributed by atoms with Gasteiger partial charge in [-0.3, -0.25) is 4.79 Å². The molecule has 0 aliphatic carbocycles. The van der Waals surface area contributed by atoms with Crippen LogP contribution in [0.2, 0.25) is 0 Å². The average Bonchev–Trinajstić information content (AvgIpc) is 2.16. The lowest BCUT2D eigenvalue weighted by molar-refractivity contribution is -0.144. The molecule has 0 aromatic rings. The van der Waals surface area contributed by atoms with Crippen molar-refractivity contribution < 1.29 is 14.3 Å². The molecule has 0 aromatic carbocycles. The highest BCUT2D eigenvalue weighted by molar-refractivity contribution is 5.68. The topological polar surface area (TPSA) is 35.5 Å². The van der Waals surface area contributed by atoms with Crippen molar-refractivity contribution in [3.63, 3.8) is 0 Å². The minimum Gasteiger partial charge on any atom is -0.463 e. The smallest absolute Gasteiger partial charge is 0.305 e. The number of rotatable bonds is 8. The largest absolute Gasteiger partial charge is 0.463 e. The van der Waals surface area contributed by atoms with Gasteiger partial charge in [0.2, 0.25) is 0 Å². The van der Waals surface area contributed by atoms with Crippen LogP contribution >= 0.6 is 0 Å². The van der Waals surface area contributed by atoms with Crippen LogP contribution in [0.1, 0.15) is 39.5 Å². The van der Waals surface area contributed by atoms with E-state index in [0.717, 1.165) is 13.0 Å². The molecule has 0 spiro atoms. The monoisotopic (exact) mass is 188 g/mol. The van der Waals surface area contributed by atoms with Crippen molar-refractivity contribution in [2.75, 3.05) is 19.8 Å². The fourth-order valence-electron chi connectivity index (χ4n) is 0.873. The van der Waals surface area contributed by atoms with E-state index < -0.39 is 0 Å². The Morgan fingerprint density at radius 3 is 2.46 bits per heavy atom. The lowest BCUT2D eigenvalue weighted by Crippen LogP contribution is -2.09. The van der Waals surface area contributed by atoms with E-state index >= 15 is 0 Å². The van der Waals surface area contributed by atoms with E-state index in [-0.39, 0.29) is 5.97 Å². The molecule has 0 unspecified atom stereocenters. The molecule has 0 saturated heterocycles. The number of carbonyl (C=O) groups excluding carboxylic acids is 1. The van der Waals surface area contributed by atoms with Crippen LogP contribution in [0, 0.1) is 0 Å². The maximum Gasteiger partial charge on any atom is 0.305 e. The van der Waals surface area contributed by atoms with Crippen LogP contribution < -0.4 is 0 Å². The van der Waals surface area contributed by atoms with Crippen LogP contribution in [-0.2, 0) is 14.3 Å².